The van der Waals surface area contributed by atoms with E-state index in [2.05, 4.69) is 0 Å². The highest BCUT2D eigenvalue weighted by molar-refractivity contribution is 8.16. The first kappa shape index (κ1) is 26.6. The second-order valence-corrected chi connectivity index (χ2v) is 9.61. The second kappa shape index (κ2) is 11.3. The minimum Gasteiger partial charge on any atom is -0.497 e. The van der Waals surface area contributed by atoms with Crippen molar-refractivity contribution >= 4 is 34.7 Å². The molecule has 0 N–H and O–H groups in total. The predicted molar refractivity (Wildman–Crippen MR) is 140 cm³/mol. The number of allylic oxidation sites excluding steroid dienone is 1. The second-order valence-electron chi connectivity index (χ2n) is 8.77. The molecule has 0 saturated carbocycles. The Morgan fingerprint density at radius 1 is 1.05 bits per heavy atom. The van der Waals surface area contributed by atoms with Crippen molar-refractivity contribution in [3.8, 4) is 11.5 Å². The van der Waals surface area contributed by atoms with Crippen molar-refractivity contribution in [1.82, 2.24) is 14.7 Å². The summed E-state index contributed by atoms with van der Waals surface area (Å²) in [7, 11) is 4.50. The summed E-state index contributed by atoms with van der Waals surface area (Å²) in [6.45, 7) is 5.50. The minimum absolute atomic E-state index is 0.0151. The molecule has 10 nitrogen and oxygen atoms in total. The summed E-state index contributed by atoms with van der Waals surface area (Å²) >= 11 is 1.43. The zero-order valence-electron chi connectivity index (χ0n) is 21.8. The lowest BCUT2D eigenvalue weighted by Gasteiger charge is -2.38. The Balaban J connectivity index is 1.69. The van der Waals surface area contributed by atoms with Crippen LogP contribution >= 0.6 is 11.8 Å². The van der Waals surface area contributed by atoms with Gasteiger partial charge in [0.25, 0.3) is 0 Å². The molecule has 0 spiro atoms. The molecule has 1 fully saturated rings. The molecule has 0 aliphatic carbocycles. The molecule has 1 saturated heterocycles. The van der Waals surface area contributed by atoms with Gasteiger partial charge in [-0.1, -0.05) is 18.7 Å². The van der Waals surface area contributed by atoms with Crippen LogP contribution in [0.2, 0.25) is 0 Å². The van der Waals surface area contributed by atoms with E-state index in [0.29, 0.717) is 60.5 Å². The van der Waals surface area contributed by atoms with Crippen molar-refractivity contribution in [2.24, 2.45) is 4.99 Å². The van der Waals surface area contributed by atoms with Crippen molar-refractivity contribution in [3.63, 3.8) is 0 Å². The highest BCUT2D eigenvalue weighted by Crippen LogP contribution is 2.48. The molecule has 1 aromatic rings. The van der Waals surface area contributed by atoms with Gasteiger partial charge in [-0.3, -0.25) is 9.59 Å². The fourth-order valence-electron chi connectivity index (χ4n) is 4.79. The average molecular weight is 529 g/mol. The summed E-state index contributed by atoms with van der Waals surface area (Å²) in [5.41, 5.74) is 2.52. The van der Waals surface area contributed by atoms with Gasteiger partial charge in [-0.15, -0.1) is 0 Å². The van der Waals surface area contributed by atoms with E-state index in [1.807, 2.05) is 29.4 Å². The van der Waals surface area contributed by atoms with E-state index in [1.54, 1.807) is 37.0 Å². The molecule has 3 aliphatic rings. The number of thioether (sulfide) groups is 1. The number of esters is 1. The number of hydrogen-bond acceptors (Lipinski definition) is 9. The molecule has 1 atom stereocenters. The van der Waals surface area contributed by atoms with Crippen LogP contribution in [0.25, 0.3) is 0 Å². The summed E-state index contributed by atoms with van der Waals surface area (Å²) in [5.74, 6) is 0.662. The van der Waals surface area contributed by atoms with Crippen LogP contribution < -0.4 is 9.47 Å². The number of hydrogen-bond donors (Lipinski definition) is 0. The molecule has 3 heterocycles. The van der Waals surface area contributed by atoms with Crippen molar-refractivity contribution in [2.75, 3.05) is 47.5 Å². The number of piperazine rings is 1. The first-order valence-corrected chi connectivity index (χ1v) is 13.0. The average Bonchev–Trinajstić information content (AvgIpc) is 3.33. The summed E-state index contributed by atoms with van der Waals surface area (Å²) in [6, 6.07) is 4.86. The van der Waals surface area contributed by atoms with E-state index in [-0.39, 0.29) is 18.2 Å². The lowest BCUT2D eigenvalue weighted by atomic mass is 9.92. The van der Waals surface area contributed by atoms with Crippen LogP contribution in [0.5, 0.6) is 11.5 Å². The van der Waals surface area contributed by atoms with E-state index in [0.717, 1.165) is 11.3 Å². The fraction of sp³-hybridized carbons (Fsp3) is 0.462. The Hall–Kier alpha value is -3.47. The van der Waals surface area contributed by atoms with Gasteiger partial charge in [-0.05, 0) is 24.0 Å². The van der Waals surface area contributed by atoms with Gasteiger partial charge in [0.15, 0.2) is 5.17 Å². The number of methoxy groups -OCH3 is 3. The van der Waals surface area contributed by atoms with E-state index in [4.69, 9.17) is 19.2 Å². The maximum atomic E-state index is 13.3. The van der Waals surface area contributed by atoms with Crippen molar-refractivity contribution < 1.29 is 28.6 Å². The van der Waals surface area contributed by atoms with Crippen LogP contribution in [-0.2, 0) is 19.1 Å². The molecule has 0 radical (unpaired) electrons. The number of rotatable bonds is 7. The summed E-state index contributed by atoms with van der Waals surface area (Å²) in [4.78, 5) is 48.3. The van der Waals surface area contributed by atoms with Gasteiger partial charge in [-0.2, -0.15) is 0 Å². The van der Waals surface area contributed by atoms with Crippen LogP contribution in [0, 0.1) is 0 Å². The number of fused-ring (bicyclic) bond motifs is 1. The van der Waals surface area contributed by atoms with E-state index >= 15 is 0 Å². The van der Waals surface area contributed by atoms with Crippen molar-refractivity contribution in [2.45, 2.75) is 32.7 Å². The SMILES string of the molecule is CCC1=C(C(=O)OC)C(c2ccc(OC)cc2OC)N2C(CC(=O)N3CCN(C(C)=O)CC3)=CSC2=N1. The van der Waals surface area contributed by atoms with Gasteiger partial charge in [0.1, 0.15) is 11.5 Å². The molecular formula is C26H32N4O6S. The van der Waals surface area contributed by atoms with Gasteiger partial charge < -0.3 is 28.9 Å². The summed E-state index contributed by atoms with van der Waals surface area (Å²) in [5, 5.41) is 2.61. The number of benzene rings is 1. The number of nitrogens with zero attached hydrogens (tertiary/aromatic N) is 4. The van der Waals surface area contributed by atoms with E-state index < -0.39 is 12.0 Å². The number of amides is 2. The maximum Gasteiger partial charge on any atom is 0.338 e. The largest absolute Gasteiger partial charge is 0.497 e. The molecule has 1 unspecified atom stereocenters. The molecule has 0 bridgehead atoms. The van der Waals surface area contributed by atoms with E-state index in [1.165, 1.54) is 18.9 Å². The Morgan fingerprint density at radius 2 is 1.76 bits per heavy atom. The molecule has 2 amide bonds. The van der Waals surface area contributed by atoms with Crippen molar-refractivity contribution in [1.29, 1.82) is 0 Å². The van der Waals surface area contributed by atoms with Gasteiger partial charge in [0.05, 0.1) is 45.1 Å². The monoisotopic (exact) mass is 528 g/mol. The van der Waals surface area contributed by atoms with E-state index in [9.17, 15) is 14.4 Å². The molecule has 198 valence electrons. The fourth-order valence-corrected chi connectivity index (χ4v) is 5.73. The van der Waals surface area contributed by atoms with Crippen LogP contribution in [0.3, 0.4) is 0 Å². The smallest absolute Gasteiger partial charge is 0.338 e. The standard InChI is InChI=1S/C26H32N4O6S/c1-6-20-23(25(33)36-5)24(19-8-7-18(34-3)14-21(19)35-4)30-17(15-37-26(30)27-20)13-22(32)29-11-9-28(10-12-29)16(2)31/h7-8,14-15,24H,6,9-13H2,1-5H3. The van der Waals surface area contributed by atoms with Crippen molar-refractivity contribution in [3.05, 3.63) is 46.1 Å². The minimum atomic E-state index is -0.598. The van der Waals surface area contributed by atoms with Crippen LogP contribution in [-0.4, -0.2) is 85.2 Å². The maximum absolute atomic E-state index is 13.3. The third kappa shape index (κ3) is 5.18. The number of carbonyl (C=O) groups excluding carboxylic acids is 3. The van der Waals surface area contributed by atoms with Crippen LogP contribution in [0.4, 0.5) is 0 Å². The summed E-state index contributed by atoms with van der Waals surface area (Å²) < 4.78 is 16.3. The number of ether oxygens (including phenoxy) is 3. The number of carbonyl (C=O) groups is 3. The number of amidine groups is 1. The summed E-state index contributed by atoms with van der Waals surface area (Å²) in [6.07, 6.45) is 0.670. The van der Waals surface area contributed by atoms with Gasteiger partial charge >= 0.3 is 5.97 Å². The molecule has 11 heteroatoms. The number of aliphatic imine (C=N–C) groups is 1. The Bertz CT molecular complexity index is 1190. The molecular weight excluding hydrogens is 496 g/mol. The zero-order valence-corrected chi connectivity index (χ0v) is 22.6. The van der Waals surface area contributed by atoms with Gasteiger partial charge in [-0.25, -0.2) is 9.79 Å². The lowest BCUT2D eigenvalue weighted by molar-refractivity contribution is -0.138. The van der Waals surface area contributed by atoms with Crippen LogP contribution in [0.15, 0.2) is 45.6 Å². The molecule has 37 heavy (non-hydrogen) atoms. The third-order valence-electron chi connectivity index (χ3n) is 6.77. The lowest BCUT2D eigenvalue weighted by Crippen LogP contribution is -2.50. The normalized spacial score (nSPS) is 19.3. The molecule has 0 aromatic heterocycles. The zero-order chi connectivity index (χ0) is 26.7. The predicted octanol–water partition coefficient (Wildman–Crippen LogP) is 2.92. The quantitative estimate of drug-likeness (QED) is 0.498. The highest BCUT2D eigenvalue weighted by atomic mass is 32.2. The topological polar surface area (TPSA) is 101 Å². The van der Waals surface area contributed by atoms with Gasteiger partial charge in [0, 0.05) is 50.4 Å². The van der Waals surface area contributed by atoms with Crippen LogP contribution in [0.1, 0.15) is 38.3 Å². The molecule has 3 aliphatic heterocycles. The highest BCUT2D eigenvalue weighted by Gasteiger charge is 2.43. The molecule has 4 rings (SSSR count). The Kier molecular flexibility index (Phi) is 8.11. The first-order valence-electron chi connectivity index (χ1n) is 12.1. The third-order valence-corrected chi connectivity index (χ3v) is 7.66. The molecule has 1 aromatic carbocycles. The first-order chi connectivity index (χ1) is 17.8. The Morgan fingerprint density at radius 3 is 2.35 bits per heavy atom. The Labute approximate surface area is 220 Å². The van der Waals surface area contributed by atoms with Gasteiger partial charge in [0.2, 0.25) is 11.8 Å².